The predicted molar refractivity (Wildman–Crippen MR) is 112 cm³/mol. The van der Waals surface area contributed by atoms with Gasteiger partial charge in [0.05, 0.1) is 0 Å². The van der Waals surface area contributed by atoms with Crippen molar-refractivity contribution in [2.45, 2.75) is 43.0 Å². The van der Waals surface area contributed by atoms with Crippen molar-refractivity contribution in [3.63, 3.8) is 0 Å². The van der Waals surface area contributed by atoms with Gasteiger partial charge < -0.3 is 0 Å². The fraction of sp³-hybridized carbons (Fsp3) is 0.421. The van der Waals surface area contributed by atoms with Crippen LogP contribution in [-0.2, 0) is 10.0 Å². The Balaban J connectivity index is 1.69. The number of halogens is 2. The van der Waals surface area contributed by atoms with Gasteiger partial charge in [-0.1, -0.05) is 0 Å². The van der Waals surface area contributed by atoms with Gasteiger partial charge >= 0.3 is 184 Å². The van der Waals surface area contributed by atoms with Gasteiger partial charge in [0.2, 0.25) is 0 Å². The Labute approximate surface area is 183 Å². The zero-order chi connectivity index (χ0) is 21.8. The number of benzene rings is 1. The van der Waals surface area contributed by atoms with E-state index in [0.29, 0.717) is 16.8 Å². The van der Waals surface area contributed by atoms with Crippen LogP contribution < -0.4 is 10.0 Å². The summed E-state index contributed by atoms with van der Waals surface area (Å²) in [4.78, 5) is 0.130. The molecule has 1 saturated carbocycles. The van der Waals surface area contributed by atoms with E-state index in [-0.39, 0.29) is 9.46 Å². The quantitative estimate of drug-likeness (QED) is 0.490. The molecule has 2 aromatic heterocycles. The molecular formula is C19H20F2N6O2SSe. The third-order valence-corrected chi connectivity index (χ3v) is 9.08. The third-order valence-electron chi connectivity index (χ3n) is 5.56. The van der Waals surface area contributed by atoms with Gasteiger partial charge in [-0.2, -0.15) is 0 Å². The number of sulfonamides is 1. The van der Waals surface area contributed by atoms with Crippen LogP contribution in [0.25, 0.3) is 21.2 Å². The molecule has 0 radical (unpaired) electrons. The second kappa shape index (κ2) is 7.56. The van der Waals surface area contributed by atoms with Crippen LogP contribution in [0.3, 0.4) is 0 Å². The minimum absolute atomic E-state index is 0.130. The molecule has 0 amide bonds. The van der Waals surface area contributed by atoms with Gasteiger partial charge in [-0.3, -0.25) is 0 Å². The van der Waals surface area contributed by atoms with Crippen LogP contribution in [0.5, 0.6) is 0 Å². The van der Waals surface area contributed by atoms with E-state index < -0.39 is 36.5 Å². The van der Waals surface area contributed by atoms with Gasteiger partial charge in [-0.15, -0.1) is 0 Å². The van der Waals surface area contributed by atoms with Crippen molar-refractivity contribution in [3.05, 3.63) is 34.5 Å². The Morgan fingerprint density at radius 3 is 2.74 bits per heavy atom. The first-order valence-electron chi connectivity index (χ1n) is 9.84. The summed E-state index contributed by atoms with van der Waals surface area (Å²) in [5.41, 5.74) is 1.92. The van der Waals surface area contributed by atoms with Crippen LogP contribution in [0.4, 0.5) is 8.78 Å². The number of rotatable bonds is 6. The van der Waals surface area contributed by atoms with Crippen LogP contribution in [-0.4, -0.2) is 61.5 Å². The molecule has 12 heteroatoms. The average Bonchev–Trinajstić information content (AvgIpc) is 3.13. The Kier molecular flexibility index (Phi) is 5.10. The number of hydrogen-bond acceptors (Lipinski definition) is 6. The van der Waals surface area contributed by atoms with Gasteiger partial charge in [-0.05, 0) is 0 Å². The van der Waals surface area contributed by atoms with Crippen LogP contribution in [0.2, 0.25) is 0 Å². The Morgan fingerprint density at radius 1 is 1.29 bits per heavy atom. The molecule has 2 aliphatic rings. The molecule has 3 aromatic rings. The molecule has 3 heterocycles. The van der Waals surface area contributed by atoms with Crippen molar-refractivity contribution in [1.29, 1.82) is 0 Å². The van der Waals surface area contributed by atoms with Gasteiger partial charge in [0, 0.05) is 0 Å². The molecule has 1 aliphatic carbocycles. The summed E-state index contributed by atoms with van der Waals surface area (Å²) in [6.45, 7) is 3.36. The topological polar surface area (TPSA) is 102 Å². The Hall–Kier alpha value is -1.98. The summed E-state index contributed by atoms with van der Waals surface area (Å²) >= 11 is -0.782. The number of alkyl halides is 2. The monoisotopic (exact) mass is 514 g/mol. The van der Waals surface area contributed by atoms with Crippen LogP contribution in [0.1, 0.15) is 42.7 Å². The zero-order valence-electron chi connectivity index (χ0n) is 16.6. The second-order valence-corrected chi connectivity index (χ2v) is 11.8. The Bertz CT molecular complexity index is 1300. The van der Waals surface area contributed by atoms with E-state index >= 15 is 0 Å². The third kappa shape index (κ3) is 3.98. The van der Waals surface area contributed by atoms with E-state index in [0.717, 1.165) is 42.3 Å². The number of nitrogens with zero attached hydrogens (tertiary/aromatic N) is 4. The molecule has 0 bridgehead atoms. The molecule has 1 aliphatic heterocycles. The van der Waals surface area contributed by atoms with E-state index in [1.54, 1.807) is 18.3 Å². The van der Waals surface area contributed by atoms with E-state index in [4.69, 9.17) is 0 Å². The SMILES string of the molecule is CC1(NS(=O)(=O)c2cc(C3=CCNCC3)c3cnn(-c4nnc(C(F)F)[se]4)c3c2)CC1. The van der Waals surface area contributed by atoms with Gasteiger partial charge in [0.25, 0.3) is 0 Å². The standard InChI is InChI=1S/C19H20F2N6O2SSe/c1-19(4-5-19)26-30(28,29)12-8-13(11-2-6-22-7-3-11)14-10-23-27(15(14)9-12)18-25-24-17(31-18)16(20)21/h2,8-10,16,22,26H,3-7H2,1H3. The molecule has 0 saturated heterocycles. The molecule has 5 rings (SSSR count). The zero-order valence-corrected chi connectivity index (χ0v) is 19.1. The first-order chi connectivity index (χ1) is 14.8. The number of aromatic nitrogens is 4. The number of fused-ring (bicyclic) bond motifs is 1. The molecular weight excluding hydrogens is 493 g/mol. The van der Waals surface area contributed by atoms with Crippen molar-refractivity contribution in [2.24, 2.45) is 0 Å². The van der Waals surface area contributed by atoms with Gasteiger partial charge in [0.1, 0.15) is 0 Å². The fourth-order valence-electron chi connectivity index (χ4n) is 3.61. The molecule has 0 unspecified atom stereocenters. The minimum atomic E-state index is -3.77. The van der Waals surface area contributed by atoms with Crippen LogP contribution in [0, 0.1) is 0 Å². The van der Waals surface area contributed by atoms with Crippen molar-refractivity contribution in [3.8, 4) is 4.69 Å². The second-order valence-electron chi connectivity index (χ2n) is 8.03. The molecule has 8 nitrogen and oxygen atoms in total. The van der Waals surface area contributed by atoms with Crippen LogP contribution >= 0.6 is 0 Å². The molecule has 164 valence electrons. The van der Waals surface area contributed by atoms with Crippen molar-refractivity contribution in [1.82, 2.24) is 30.0 Å². The summed E-state index contributed by atoms with van der Waals surface area (Å²) in [6, 6.07) is 3.22. The van der Waals surface area contributed by atoms with E-state index in [1.807, 2.05) is 13.0 Å². The van der Waals surface area contributed by atoms with Crippen molar-refractivity contribution < 1.29 is 17.2 Å². The molecule has 31 heavy (non-hydrogen) atoms. The molecule has 1 fully saturated rings. The van der Waals surface area contributed by atoms with Crippen molar-refractivity contribution in [2.75, 3.05) is 13.1 Å². The number of hydrogen-bond donors (Lipinski definition) is 2. The predicted octanol–water partition coefficient (Wildman–Crippen LogP) is 2.02. The summed E-state index contributed by atoms with van der Waals surface area (Å²) in [5.74, 6) is 0. The molecule has 0 spiro atoms. The molecule has 0 atom stereocenters. The number of nitrogens with one attached hydrogen (secondary N) is 2. The molecule has 2 N–H and O–H groups in total. The summed E-state index contributed by atoms with van der Waals surface area (Å²) in [7, 11) is -3.77. The maximum atomic E-state index is 13.1. The van der Waals surface area contributed by atoms with Crippen molar-refractivity contribution >= 4 is 41.0 Å². The van der Waals surface area contributed by atoms with Gasteiger partial charge in [-0.25, -0.2) is 0 Å². The maximum absolute atomic E-state index is 13.1. The fourth-order valence-corrected chi connectivity index (χ4v) is 6.53. The summed E-state index contributed by atoms with van der Waals surface area (Å²) in [6.07, 6.45) is 3.35. The summed E-state index contributed by atoms with van der Waals surface area (Å²) < 4.78 is 56.6. The normalized spacial score (nSPS) is 18.5. The van der Waals surface area contributed by atoms with E-state index in [2.05, 4.69) is 25.3 Å². The van der Waals surface area contributed by atoms with Crippen LogP contribution in [0.15, 0.2) is 29.3 Å². The first kappa shape index (κ1) is 20.9. The van der Waals surface area contributed by atoms with E-state index in [1.165, 1.54) is 4.68 Å². The van der Waals surface area contributed by atoms with E-state index in [9.17, 15) is 17.2 Å². The molecule has 1 aromatic carbocycles. The summed E-state index contributed by atoms with van der Waals surface area (Å²) in [5, 5.41) is 15.9. The Morgan fingerprint density at radius 2 is 2.10 bits per heavy atom. The first-order valence-corrected chi connectivity index (χ1v) is 13.0. The average molecular weight is 513 g/mol. The van der Waals surface area contributed by atoms with Gasteiger partial charge in [0.15, 0.2) is 0 Å².